The van der Waals surface area contributed by atoms with Gasteiger partial charge in [-0.15, -0.1) is 0 Å². The van der Waals surface area contributed by atoms with Gasteiger partial charge in [0.1, 0.15) is 24.0 Å². The maximum atomic E-state index is 12.6. The molecule has 164 valence electrons. The molecule has 1 aliphatic heterocycles. The van der Waals surface area contributed by atoms with Crippen LogP contribution in [-0.4, -0.2) is 44.9 Å². The van der Waals surface area contributed by atoms with Gasteiger partial charge < -0.3 is 19.9 Å². The third kappa shape index (κ3) is 4.69. The van der Waals surface area contributed by atoms with E-state index in [0.29, 0.717) is 10.8 Å². The van der Waals surface area contributed by atoms with Gasteiger partial charge in [0.05, 0.1) is 22.0 Å². The molecule has 1 heterocycles. The fourth-order valence-electron chi connectivity index (χ4n) is 3.25. The number of halogens is 2. The Morgan fingerprint density at radius 2 is 1.69 bits per heavy atom. The number of carbonyl (C=O) groups excluding carboxylic acids is 3. The van der Waals surface area contributed by atoms with Crippen LogP contribution in [0.4, 0.5) is 11.4 Å². The molecule has 1 amide bonds. The van der Waals surface area contributed by atoms with E-state index in [4.69, 9.17) is 27.9 Å². The quantitative estimate of drug-likeness (QED) is 0.391. The number of rotatable bonds is 6. The molecule has 0 bridgehead atoms. The van der Waals surface area contributed by atoms with Gasteiger partial charge in [-0.25, -0.2) is 0 Å². The number of nitrogens with zero attached hydrogens (tertiary/aromatic N) is 3. The lowest BCUT2D eigenvalue weighted by molar-refractivity contribution is -0.145. The normalized spacial score (nSPS) is 12.2. The molecule has 0 fully saturated rings. The van der Waals surface area contributed by atoms with Gasteiger partial charge in [0.2, 0.25) is 5.78 Å². The van der Waals surface area contributed by atoms with E-state index in [2.05, 4.69) is 5.32 Å². The van der Waals surface area contributed by atoms with Crippen LogP contribution >= 0.6 is 23.2 Å². The van der Waals surface area contributed by atoms with E-state index in [0.717, 1.165) is 11.4 Å². The highest BCUT2D eigenvalue weighted by Crippen LogP contribution is 2.40. The van der Waals surface area contributed by atoms with E-state index in [1.165, 1.54) is 18.2 Å². The molecular weight excluding hydrogens is 455 g/mol. The van der Waals surface area contributed by atoms with Crippen molar-refractivity contribution in [1.29, 1.82) is 5.26 Å². The van der Waals surface area contributed by atoms with E-state index in [1.807, 2.05) is 30.3 Å². The predicted molar refractivity (Wildman–Crippen MR) is 121 cm³/mol. The van der Waals surface area contributed by atoms with Crippen molar-refractivity contribution in [3.63, 3.8) is 0 Å². The first-order valence-electron chi connectivity index (χ1n) is 9.37. The van der Waals surface area contributed by atoms with Crippen molar-refractivity contribution in [2.24, 2.45) is 0 Å². The molecule has 2 aromatic carbocycles. The number of ketones is 1. The summed E-state index contributed by atoms with van der Waals surface area (Å²) in [5.41, 5.74) is 1.68. The Kier molecular flexibility index (Phi) is 7.03. The lowest BCUT2D eigenvalue weighted by Crippen LogP contribution is -2.32. The first-order chi connectivity index (χ1) is 15.2. The number of para-hydroxylation sites is 2. The van der Waals surface area contributed by atoms with Gasteiger partial charge in [0.25, 0.3) is 5.91 Å². The molecule has 0 saturated heterocycles. The van der Waals surface area contributed by atoms with Gasteiger partial charge in [-0.05, 0) is 30.3 Å². The van der Waals surface area contributed by atoms with Gasteiger partial charge in [-0.3, -0.25) is 14.4 Å². The Morgan fingerprint density at radius 3 is 2.25 bits per heavy atom. The fourth-order valence-corrected chi connectivity index (χ4v) is 3.74. The Morgan fingerprint density at radius 1 is 1.06 bits per heavy atom. The molecule has 0 atom stereocenters. The van der Waals surface area contributed by atoms with Crippen molar-refractivity contribution < 1.29 is 19.1 Å². The summed E-state index contributed by atoms with van der Waals surface area (Å²) in [6, 6.07) is 13.7. The summed E-state index contributed by atoms with van der Waals surface area (Å²) in [5, 5.41) is 12.4. The highest BCUT2D eigenvalue weighted by molar-refractivity contribution is 6.36. The van der Waals surface area contributed by atoms with Crippen LogP contribution in [0.25, 0.3) is 0 Å². The van der Waals surface area contributed by atoms with Crippen molar-refractivity contribution in [2.75, 3.05) is 37.0 Å². The summed E-state index contributed by atoms with van der Waals surface area (Å²) in [4.78, 5) is 40.2. The van der Waals surface area contributed by atoms with E-state index >= 15 is 0 Å². The number of nitriles is 1. The molecule has 0 radical (unpaired) electrons. The topological polar surface area (TPSA) is 103 Å². The molecule has 0 unspecified atom stereocenters. The molecule has 8 nitrogen and oxygen atoms in total. The smallest absolute Gasteiger partial charge is 0.325 e. The average Bonchev–Trinajstić information content (AvgIpc) is 3.02. The van der Waals surface area contributed by atoms with E-state index < -0.39 is 30.8 Å². The molecule has 2 aromatic rings. The molecule has 1 aliphatic rings. The molecule has 0 aromatic heterocycles. The van der Waals surface area contributed by atoms with Crippen molar-refractivity contribution in [3.05, 3.63) is 69.5 Å². The summed E-state index contributed by atoms with van der Waals surface area (Å²) >= 11 is 11.8. The van der Waals surface area contributed by atoms with Crippen molar-refractivity contribution in [1.82, 2.24) is 5.32 Å². The Hall–Kier alpha value is -3.54. The summed E-state index contributed by atoms with van der Waals surface area (Å²) in [5.74, 6) is -1.70. The third-order valence-electron chi connectivity index (χ3n) is 4.79. The molecular formula is C22H18Cl2N4O4. The monoisotopic (exact) mass is 472 g/mol. The van der Waals surface area contributed by atoms with Gasteiger partial charge in [-0.2, -0.15) is 5.26 Å². The number of amides is 1. The van der Waals surface area contributed by atoms with Crippen LogP contribution in [0, 0.1) is 11.3 Å². The van der Waals surface area contributed by atoms with Gasteiger partial charge in [0.15, 0.2) is 6.61 Å². The summed E-state index contributed by atoms with van der Waals surface area (Å²) in [7, 11) is 3.48. The second kappa shape index (κ2) is 9.73. The SMILES string of the molecule is CN1C(=C(C#N)C(=O)COC(=O)CNC(=O)c2ccc(Cl)cc2Cl)N(C)c2ccccc21. The van der Waals surface area contributed by atoms with Crippen LogP contribution in [0.5, 0.6) is 0 Å². The molecule has 0 spiro atoms. The molecule has 32 heavy (non-hydrogen) atoms. The van der Waals surface area contributed by atoms with Crippen molar-refractivity contribution in [2.45, 2.75) is 0 Å². The number of Topliss-reactive ketones (excluding diaryl/α,β-unsaturated/α-hetero) is 1. The minimum Gasteiger partial charge on any atom is -0.456 e. The zero-order chi connectivity index (χ0) is 23.4. The zero-order valence-electron chi connectivity index (χ0n) is 17.2. The largest absolute Gasteiger partial charge is 0.456 e. The maximum absolute atomic E-state index is 12.6. The van der Waals surface area contributed by atoms with Crippen LogP contribution in [0.15, 0.2) is 53.9 Å². The number of ether oxygens (including phenoxy) is 1. The number of hydrogen-bond donors (Lipinski definition) is 1. The van der Waals surface area contributed by atoms with E-state index in [9.17, 15) is 19.6 Å². The van der Waals surface area contributed by atoms with Crippen LogP contribution in [0.3, 0.4) is 0 Å². The Bertz CT molecular complexity index is 1140. The van der Waals surface area contributed by atoms with Crippen molar-refractivity contribution >= 4 is 52.2 Å². The molecule has 10 heteroatoms. The molecule has 0 aliphatic carbocycles. The standard InChI is InChI=1S/C22H18Cl2N4O4/c1-27-17-5-3-4-6-18(17)28(2)22(27)15(10-25)19(29)12-32-20(30)11-26-21(31)14-8-7-13(23)9-16(14)24/h3-9H,11-12H2,1-2H3,(H,26,31). The summed E-state index contributed by atoms with van der Waals surface area (Å²) in [6.45, 7) is -1.12. The Balaban J connectivity index is 1.61. The van der Waals surface area contributed by atoms with Crippen LogP contribution in [0.2, 0.25) is 10.0 Å². The maximum Gasteiger partial charge on any atom is 0.325 e. The fraction of sp³-hybridized carbons (Fsp3) is 0.182. The lowest BCUT2D eigenvalue weighted by Gasteiger charge is -2.19. The Labute approximate surface area is 194 Å². The highest BCUT2D eigenvalue weighted by Gasteiger charge is 2.31. The molecule has 1 N–H and O–H groups in total. The third-order valence-corrected chi connectivity index (χ3v) is 5.34. The minimum atomic E-state index is -0.838. The number of nitrogens with one attached hydrogen (secondary N) is 1. The van der Waals surface area contributed by atoms with Gasteiger partial charge in [0, 0.05) is 19.1 Å². The lowest BCUT2D eigenvalue weighted by atomic mass is 10.2. The zero-order valence-corrected chi connectivity index (χ0v) is 18.7. The van der Waals surface area contributed by atoms with E-state index in [-0.39, 0.29) is 16.2 Å². The van der Waals surface area contributed by atoms with Crippen LogP contribution in [0.1, 0.15) is 10.4 Å². The number of carbonyl (C=O) groups is 3. The van der Waals surface area contributed by atoms with Crippen LogP contribution < -0.4 is 15.1 Å². The minimum absolute atomic E-state index is 0.134. The van der Waals surface area contributed by atoms with Gasteiger partial charge >= 0.3 is 5.97 Å². The molecule has 3 rings (SSSR count). The first kappa shape index (κ1) is 23.1. The van der Waals surface area contributed by atoms with E-state index in [1.54, 1.807) is 23.9 Å². The number of benzene rings is 2. The number of fused-ring (bicyclic) bond motifs is 1. The summed E-state index contributed by atoms with van der Waals surface area (Å²) in [6.07, 6.45) is 0. The predicted octanol–water partition coefficient (Wildman–Crippen LogP) is 3.16. The number of hydrogen-bond acceptors (Lipinski definition) is 7. The average molecular weight is 473 g/mol. The second-order valence-electron chi connectivity index (χ2n) is 6.81. The van der Waals surface area contributed by atoms with Gasteiger partial charge in [-0.1, -0.05) is 35.3 Å². The van der Waals surface area contributed by atoms with Crippen molar-refractivity contribution in [3.8, 4) is 6.07 Å². The molecule has 0 saturated carbocycles. The first-order valence-corrected chi connectivity index (χ1v) is 10.1. The number of esters is 1. The number of anilines is 2. The van der Waals surface area contributed by atoms with Crippen LogP contribution in [-0.2, 0) is 14.3 Å². The summed E-state index contributed by atoms with van der Waals surface area (Å²) < 4.78 is 4.95. The second-order valence-corrected chi connectivity index (χ2v) is 7.65. The highest BCUT2D eigenvalue weighted by atomic mass is 35.5.